The van der Waals surface area contributed by atoms with E-state index in [1.54, 1.807) is 0 Å². The Labute approximate surface area is 138 Å². The maximum Gasteiger partial charge on any atom is 0.00804 e. The first-order valence-corrected chi connectivity index (χ1v) is 9.94. The van der Waals surface area contributed by atoms with Gasteiger partial charge in [0.2, 0.25) is 0 Å². The van der Waals surface area contributed by atoms with Crippen LogP contribution in [0.25, 0.3) is 0 Å². The maximum atomic E-state index is 4.03. The van der Waals surface area contributed by atoms with Crippen LogP contribution in [0, 0.1) is 10.8 Å². The SMILES string of the molecule is CC1(C)CC(NC2CCCC2)CC(C)(CNC2CCCC2)C1. The fraction of sp³-hybridized carbons (Fsp3) is 1.00. The molecule has 3 rings (SSSR count). The van der Waals surface area contributed by atoms with Crippen LogP contribution in [0.4, 0.5) is 0 Å². The number of nitrogens with one attached hydrogen (secondary N) is 2. The van der Waals surface area contributed by atoms with Gasteiger partial charge in [-0.25, -0.2) is 0 Å². The Hall–Kier alpha value is -0.0800. The average molecular weight is 307 g/mol. The second-order valence-electron chi connectivity index (χ2n) is 9.77. The zero-order valence-electron chi connectivity index (χ0n) is 15.2. The molecule has 3 saturated carbocycles. The second-order valence-corrected chi connectivity index (χ2v) is 9.77. The molecule has 3 aliphatic carbocycles. The smallest absolute Gasteiger partial charge is 0.00804 e. The van der Waals surface area contributed by atoms with Crippen molar-refractivity contribution in [3.8, 4) is 0 Å². The normalized spacial score (nSPS) is 37.0. The van der Waals surface area contributed by atoms with Crippen molar-refractivity contribution in [2.45, 2.75) is 110 Å². The van der Waals surface area contributed by atoms with Gasteiger partial charge in [-0.2, -0.15) is 0 Å². The van der Waals surface area contributed by atoms with E-state index in [0.717, 1.165) is 18.1 Å². The Balaban J connectivity index is 1.56. The number of rotatable bonds is 5. The topological polar surface area (TPSA) is 24.1 Å². The van der Waals surface area contributed by atoms with Crippen LogP contribution in [0.2, 0.25) is 0 Å². The molecular formula is C20H38N2. The highest BCUT2D eigenvalue weighted by molar-refractivity contribution is 4.97. The summed E-state index contributed by atoms with van der Waals surface area (Å²) >= 11 is 0. The highest BCUT2D eigenvalue weighted by Gasteiger charge is 2.41. The van der Waals surface area contributed by atoms with Crippen LogP contribution in [0.1, 0.15) is 91.4 Å². The molecule has 2 unspecified atom stereocenters. The summed E-state index contributed by atoms with van der Waals surface area (Å²) in [5.41, 5.74) is 0.960. The minimum atomic E-state index is 0.473. The van der Waals surface area contributed by atoms with Gasteiger partial charge in [0.1, 0.15) is 0 Å². The summed E-state index contributed by atoms with van der Waals surface area (Å²) in [5, 5.41) is 7.94. The third-order valence-corrected chi connectivity index (χ3v) is 6.44. The summed E-state index contributed by atoms with van der Waals surface area (Å²) in [6, 6.07) is 2.36. The van der Waals surface area contributed by atoms with Gasteiger partial charge in [-0.1, -0.05) is 46.5 Å². The highest BCUT2D eigenvalue weighted by Crippen LogP contribution is 2.46. The number of hydrogen-bond donors (Lipinski definition) is 2. The van der Waals surface area contributed by atoms with E-state index in [0.29, 0.717) is 10.8 Å². The van der Waals surface area contributed by atoms with E-state index in [1.807, 2.05) is 0 Å². The molecule has 0 aromatic rings. The van der Waals surface area contributed by atoms with Crippen LogP contribution in [0.5, 0.6) is 0 Å². The molecule has 0 radical (unpaired) electrons. The summed E-state index contributed by atoms with van der Waals surface area (Å²) in [4.78, 5) is 0. The lowest BCUT2D eigenvalue weighted by Crippen LogP contribution is -2.51. The first-order valence-electron chi connectivity index (χ1n) is 9.94. The van der Waals surface area contributed by atoms with Crippen molar-refractivity contribution >= 4 is 0 Å². The molecule has 128 valence electrons. The van der Waals surface area contributed by atoms with Gasteiger partial charge < -0.3 is 10.6 Å². The molecule has 2 nitrogen and oxygen atoms in total. The fourth-order valence-electron chi connectivity index (χ4n) is 5.83. The first-order chi connectivity index (χ1) is 10.4. The molecule has 0 aromatic carbocycles. The van der Waals surface area contributed by atoms with Crippen LogP contribution in [0.3, 0.4) is 0 Å². The van der Waals surface area contributed by atoms with Gasteiger partial charge in [-0.15, -0.1) is 0 Å². The van der Waals surface area contributed by atoms with Gasteiger partial charge in [0.25, 0.3) is 0 Å². The van der Waals surface area contributed by atoms with Gasteiger partial charge in [-0.3, -0.25) is 0 Å². The zero-order chi connectivity index (χ0) is 15.6. The maximum absolute atomic E-state index is 4.03. The van der Waals surface area contributed by atoms with Crippen molar-refractivity contribution in [2.75, 3.05) is 6.54 Å². The molecule has 2 heteroatoms. The quantitative estimate of drug-likeness (QED) is 0.773. The minimum absolute atomic E-state index is 0.473. The molecular weight excluding hydrogens is 268 g/mol. The van der Waals surface area contributed by atoms with Crippen molar-refractivity contribution in [1.82, 2.24) is 10.6 Å². The fourth-order valence-corrected chi connectivity index (χ4v) is 5.83. The Kier molecular flexibility index (Phi) is 5.19. The molecule has 0 aromatic heterocycles. The van der Waals surface area contributed by atoms with E-state index in [2.05, 4.69) is 31.4 Å². The van der Waals surface area contributed by atoms with Gasteiger partial charge in [-0.05, 0) is 55.8 Å². The van der Waals surface area contributed by atoms with Crippen LogP contribution < -0.4 is 10.6 Å². The Bertz CT molecular complexity index is 353. The van der Waals surface area contributed by atoms with E-state index in [4.69, 9.17) is 0 Å². The van der Waals surface area contributed by atoms with Gasteiger partial charge in [0.05, 0.1) is 0 Å². The number of hydrogen-bond acceptors (Lipinski definition) is 2. The molecule has 0 amide bonds. The summed E-state index contributed by atoms with van der Waals surface area (Å²) in [6.07, 6.45) is 15.5. The molecule has 0 heterocycles. The van der Waals surface area contributed by atoms with Gasteiger partial charge in [0, 0.05) is 24.7 Å². The van der Waals surface area contributed by atoms with Gasteiger partial charge >= 0.3 is 0 Å². The monoisotopic (exact) mass is 306 g/mol. The van der Waals surface area contributed by atoms with E-state index in [9.17, 15) is 0 Å². The average Bonchev–Trinajstić information content (AvgIpc) is 3.06. The van der Waals surface area contributed by atoms with E-state index in [-0.39, 0.29) is 0 Å². The molecule has 0 aliphatic heterocycles. The van der Waals surface area contributed by atoms with Crippen LogP contribution in [-0.2, 0) is 0 Å². The minimum Gasteiger partial charge on any atom is -0.313 e. The van der Waals surface area contributed by atoms with E-state index < -0.39 is 0 Å². The Morgan fingerprint density at radius 3 is 2.00 bits per heavy atom. The van der Waals surface area contributed by atoms with Crippen LogP contribution in [0.15, 0.2) is 0 Å². The van der Waals surface area contributed by atoms with Crippen molar-refractivity contribution in [2.24, 2.45) is 10.8 Å². The summed E-state index contributed by atoms with van der Waals surface area (Å²) < 4.78 is 0. The predicted octanol–water partition coefficient (Wildman–Crippen LogP) is 4.64. The molecule has 2 atom stereocenters. The van der Waals surface area contributed by atoms with Crippen molar-refractivity contribution in [3.05, 3.63) is 0 Å². The molecule has 3 fully saturated rings. The van der Waals surface area contributed by atoms with Crippen molar-refractivity contribution in [1.29, 1.82) is 0 Å². The molecule has 0 spiro atoms. The zero-order valence-corrected chi connectivity index (χ0v) is 15.2. The summed E-state index contributed by atoms with van der Waals surface area (Å²) in [7, 11) is 0. The third-order valence-electron chi connectivity index (χ3n) is 6.44. The second kappa shape index (κ2) is 6.81. The third kappa shape index (κ3) is 4.47. The Morgan fingerprint density at radius 2 is 1.36 bits per heavy atom. The van der Waals surface area contributed by atoms with Crippen molar-refractivity contribution in [3.63, 3.8) is 0 Å². The highest BCUT2D eigenvalue weighted by atomic mass is 15.0. The lowest BCUT2D eigenvalue weighted by Gasteiger charge is -2.48. The Morgan fingerprint density at radius 1 is 0.773 bits per heavy atom. The molecule has 2 N–H and O–H groups in total. The molecule has 3 aliphatic rings. The lowest BCUT2D eigenvalue weighted by molar-refractivity contribution is 0.0641. The molecule has 22 heavy (non-hydrogen) atoms. The van der Waals surface area contributed by atoms with Crippen molar-refractivity contribution < 1.29 is 0 Å². The van der Waals surface area contributed by atoms with Crippen LogP contribution in [-0.4, -0.2) is 24.7 Å². The summed E-state index contributed by atoms with van der Waals surface area (Å²) in [6.45, 7) is 8.75. The van der Waals surface area contributed by atoms with E-state index >= 15 is 0 Å². The molecule has 0 saturated heterocycles. The van der Waals surface area contributed by atoms with Crippen LogP contribution >= 0.6 is 0 Å². The standard InChI is InChI=1S/C20H38N2/c1-19(2)12-18(22-17-10-6-7-11-17)13-20(3,14-19)15-21-16-8-4-5-9-16/h16-18,21-22H,4-15H2,1-3H3. The largest absolute Gasteiger partial charge is 0.313 e. The first kappa shape index (κ1) is 16.8. The van der Waals surface area contributed by atoms with Gasteiger partial charge in [0.15, 0.2) is 0 Å². The summed E-state index contributed by atoms with van der Waals surface area (Å²) in [5.74, 6) is 0. The lowest BCUT2D eigenvalue weighted by atomic mass is 9.62. The molecule has 0 bridgehead atoms. The van der Waals surface area contributed by atoms with E-state index in [1.165, 1.54) is 77.2 Å². The predicted molar refractivity (Wildman–Crippen MR) is 95.2 cm³/mol.